The smallest absolute Gasteiger partial charge is 0.261 e. The van der Waals surface area contributed by atoms with Gasteiger partial charge in [0.2, 0.25) is 0 Å². The molecule has 2 aromatic heterocycles. The molecule has 4 unspecified atom stereocenters. The monoisotopic (exact) mass is 1330 g/mol. The van der Waals surface area contributed by atoms with Gasteiger partial charge in [-0.25, -0.2) is 0 Å². The number of carbonyl (C=O) groups excluding carboxylic acids is 2. The molecule has 2 amide bonds. The zero-order chi connectivity index (χ0) is 69.8. The van der Waals surface area contributed by atoms with Crippen LogP contribution < -0.4 is 19.3 Å². The van der Waals surface area contributed by atoms with E-state index in [0.29, 0.717) is 81.7 Å². The topological polar surface area (TPSA) is 139 Å². The molecule has 4 aliphatic rings. The molecule has 0 spiro atoms. The highest BCUT2D eigenvalue weighted by Gasteiger charge is 2.51. The Hall–Kier alpha value is -10.0. The maximum Gasteiger partial charge on any atom is 0.261 e. The first kappa shape index (κ1) is 69.8. The third kappa shape index (κ3) is 14.8. The van der Waals surface area contributed by atoms with Crippen LogP contribution in [0.2, 0.25) is 0 Å². The molecule has 100 heavy (non-hydrogen) atoms. The van der Waals surface area contributed by atoms with E-state index < -0.39 is 0 Å². The van der Waals surface area contributed by atoms with Crippen molar-refractivity contribution in [2.75, 3.05) is 36.0 Å². The van der Waals surface area contributed by atoms with Crippen molar-refractivity contribution in [2.24, 2.45) is 23.7 Å². The fourth-order valence-corrected chi connectivity index (χ4v) is 14.8. The third-order valence-electron chi connectivity index (χ3n) is 20.9. The van der Waals surface area contributed by atoms with E-state index in [1.54, 1.807) is 9.80 Å². The number of carbonyl (C=O) groups is 2. The number of anilines is 4. The largest absolute Gasteiger partial charge is 0.455 e. The molecule has 0 fully saturated rings. The molecular weight excluding hydrogens is 1240 g/mol. The van der Waals surface area contributed by atoms with Crippen molar-refractivity contribution in [3.05, 3.63) is 203 Å². The second kappa shape index (κ2) is 32.3. The molecular formula is C88H96N6O6. The molecule has 0 bridgehead atoms. The van der Waals surface area contributed by atoms with E-state index in [9.17, 15) is 10.5 Å². The maximum absolute atomic E-state index is 15.7. The Morgan fingerprint density at radius 1 is 0.390 bits per heavy atom. The van der Waals surface area contributed by atoms with Crippen molar-refractivity contribution < 1.29 is 27.9 Å². The second-order valence-corrected chi connectivity index (χ2v) is 27.6. The minimum atomic E-state index is -0.246. The van der Waals surface area contributed by atoms with Gasteiger partial charge in [-0.05, 0) is 157 Å². The van der Waals surface area contributed by atoms with Gasteiger partial charge in [-0.1, -0.05) is 217 Å². The number of benzene rings is 6. The predicted molar refractivity (Wildman–Crippen MR) is 406 cm³/mol. The Morgan fingerprint density at radius 3 is 1.06 bits per heavy atom. The summed E-state index contributed by atoms with van der Waals surface area (Å²) >= 11 is 0. The first-order valence-corrected chi connectivity index (χ1v) is 37.1. The Bertz CT molecular complexity index is 4170. The number of unbranched alkanes of at least 4 members (excludes halogenated alkanes) is 4. The Morgan fingerprint density at radius 2 is 0.720 bits per heavy atom. The van der Waals surface area contributed by atoms with Gasteiger partial charge in [-0.2, -0.15) is 10.5 Å². The maximum atomic E-state index is 15.7. The molecule has 6 aromatic carbocycles. The first-order valence-electron chi connectivity index (χ1n) is 37.1. The van der Waals surface area contributed by atoms with Gasteiger partial charge in [0.15, 0.2) is 34.5 Å². The van der Waals surface area contributed by atoms with Crippen LogP contribution in [0.25, 0.3) is 57.3 Å². The van der Waals surface area contributed by atoms with Gasteiger partial charge in [-0.3, -0.25) is 9.59 Å². The number of rotatable bonds is 32. The number of fused-ring (bicyclic) bond motifs is 5. The minimum absolute atomic E-state index is 0.176. The molecule has 6 heterocycles. The quantitative estimate of drug-likeness (QED) is 0.0296. The fraction of sp³-hybridized carbons (Fsp3) is 0.364. The summed E-state index contributed by atoms with van der Waals surface area (Å²) < 4.78 is 26.8. The molecule has 0 aliphatic carbocycles. The van der Waals surface area contributed by atoms with Crippen molar-refractivity contribution in [1.82, 2.24) is 9.80 Å². The van der Waals surface area contributed by atoms with Gasteiger partial charge in [0.05, 0.1) is 57.2 Å². The van der Waals surface area contributed by atoms with Gasteiger partial charge in [-0.15, -0.1) is 0 Å². The summed E-state index contributed by atoms with van der Waals surface area (Å²) in [6, 6.07) is 56.9. The minimum Gasteiger partial charge on any atom is -0.455 e. The summed E-state index contributed by atoms with van der Waals surface area (Å²) in [5.74, 6) is 6.09. The molecule has 8 aromatic rings. The highest BCUT2D eigenvalue weighted by atomic mass is 16.5. The van der Waals surface area contributed by atoms with E-state index >= 15 is 9.59 Å². The van der Waals surface area contributed by atoms with Crippen molar-refractivity contribution >= 4 is 69.3 Å². The van der Waals surface area contributed by atoms with E-state index in [1.807, 2.05) is 121 Å². The second-order valence-electron chi connectivity index (χ2n) is 27.6. The fourth-order valence-electron chi connectivity index (χ4n) is 14.8. The van der Waals surface area contributed by atoms with E-state index in [-0.39, 0.29) is 23.7 Å². The highest BCUT2D eigenvalue weighted by molar-refractivity contribution is 6.30. The van der Waals surface area contributed by atoms with Crippen LogP contribution in [0.3, 0.4) is 0 Å². The molecule has 12 heteroatoms. The van der Waals surface area contributed by atoms with Crippen LogP contribution >= 0.6 is 0 Å². The predicted octanol–water partition coefficient (Wildman–Crippen LogP) is 23.5. The number of allylic oxidation sites excluding steroid dienone is 2. The lowest BCUT2D eigenvalue weighted by Crippen LogP contribution is -2.34. The van der Waals surface area contributed by atoms with Crippen LogP contribution in [-0.2, 0) is 9.59 Å². The number of nitriles is 2. The van der Waals surface area contributed by atoms with Gasteiger partial charge < -0.3 is 37.9 Å². The number of hydrogen-bond donors (Lipinski definition) is 0. The lowest BCUT2D eigenvalue weighted by atomic mass is 9.97. The van der Waals surface area contributed by atoms with Crippen LogP contribution in [0.1, 0.15) is 192 Å². The molecule has 0 N–H and O–H groups in total. The van der Waals surface area contributed by atoms with Crippen molar-refractivity contribution in [1.29, 1.82) is 10.5 Å². The molecule has 0 saturated heterocycles. The van der Waals surface area contributed by atoms with Gasteiger partial charge in [0, 0.05) is 37.3 Å². The first-order chi connectivity index (χ1) is 48.9. The zero-order valence-electron chi connectivity index (χ0n) is 59.8. The van der Waals surface area contributed by atoms with Crippen LogP contribution in [0.4, 0.5) is 22.7 Å². The number of para-hydroxylation sites is 4. The third-order valence-corrected chi connectivity index (χ3v) is 20.9. The number of amides is 2. The standard InChI is InChI=1S/C88H96N6O6/c1-9-17-25-59(13-5)55-91-71-29-21-23-31-77(71)99-81-51-63(33-43-73(81)91)49-69(53-89)65-35-39-67(40-36-65)75-45-47-79(97-75)85-83-84(88(96)93(85)57-61(15-7)27-19-11-3)86(94(87(83)95)58-62(16-8)28-20-12-4)80-48-46-76(98-80)68-41-37-66(38-42-68)70(54-90)50-64-34-44-74-82(52-64)100-78-32-24-22-30-72(78)92(74)56-60(14-6)26-18-10-2/h21-24,29-52,59-62H,9-20,25-28,55-58H2,1-8H3/b69-49+,70-50+. The van der Waals surface area contributed by atoms with Gasteiger partial charge in [0.25, 0.3) is 11.8 Å². The Kier molecular flexibility index (Phi) is 22.6. The summed E-state index contributed by atoms with van der Waals surface area (Å²) in [6.45, 7) is 20.4. The van der Waals surface area contributed by atoms with E-state index in [4.69, 9.17) is 18.3 Å². The van der Waals surface area contributed by atoms with Crippen LogP contribution in [0.15, 0.2) is 178 Å². The van der Waals surface area contributed by atoms with Crippen LogP contribution in [0.5, 0.6) is 23.0 Å². The number of hydrogen-bond acceptors (Lipinski definition) is 10. The molecule has 514 valence electrons. The van der Waals surface area contributed by atoms with E-state index in [1.165, 1.54) is 38.5 Å². The van der Waals surface area contributed by atoms with Crippen LogP contribution in [0, 0.1) is 46.3 Å². The summed E-state index contributed by atoms with van der Waals surface area (Å²) in [6.07, 6.45) is 20.8. The number of furan rings is 2. The van der Waals surface area contributed by atoms with E-state index in [2.05, 4.69) is 126 Å². The molecule has 4 aliphatic heterocycles. The molecule has 4 atom stereocenters. The zero-order valence-corrected chi connectivity index (χ0v) is 59.8. The summed E-state index contributed by atoms with van der Waals surface area (Å²) in [4.78, 5) is 39.8. The van der Waals surface area contributed by atoms with Gasteiger partial charge in [0.1, 0.15) is 22.9 Å². The highest BCUT2D eigenvalue weighted by Crippen LogP contribution is 2.52. The van der Waals surface area contributed by atoms with Crippen molar-refractivity contribution in [3.8, 4) is 57.8 Å². The van der Waals surface area contributed by atoms with Crippen LogP contribution in [-0.4, -0.2) is 47.8 Å². The summed E-state index contributed by atoms with van der Waals surface area (Å²) in [7, 11) is 0. The summed E-state index contributed by atoms with van der Waals surface area (Å²) in [5, 5.41) is 21.3. The number of nitrogens with zero attached hydrogens (tertiary/aromatic N) is 6. The van der Waals surface area contributed by atoms with Gasteiger partial charge >= 0.3 is 0 Å². The average Bonchev–Trinajstić information content (AvgIpc) is 1.54. The average molecular weight is 1330 g/mol. The van der Waals surface area contributed by atoms with Crippen molar-refractivity contribution in [2.45, 2.75) is 158 Å². The Labute approximate surface area is 592 Å². The molecule has 12 nitrogen and oxygen atoms in total. The number of ether oxygens (including phenoxy) is 2. The summed E-state index contributed by atoms with van der Waals surface area (Å²) in [5.41, 5.74) is 11.6. The normalized spacial score (nSPS) is 15.4. The molecule has 12 rings (SSSR count). The lowest BCUT2D eigenvalue weighted by Gasteiger charge is -2.35. The molecule has 0 radical (unpaired) electrons. The molecule has 0 saturated carbocycles. The Balaban J connectivity index is 0.842. The lowest BCUT2D eigenvalue weighted by molar-refractivity contribution is -0.124. The SMILES string of the molecule is CCCCC(CC)CN1C(=O)C2=C(c3ccc(-c4ccc(/C(C#N)=C/c5ccc6c(c5)Oc5ccccc5N6CC(CC)CCCC)cc4)o3)N(CC(CC)CCCC)C(=O)C2=C1c1ccc(-c2ccc(/C(C#N)=C/c3ccc4c(c3)Oc3ccccc3N4CC(CC)CCCC)cc2)o1. The van der Waals surface area contributed by atoms with Crippen molar-refractivity contribution in [3.63, 3.8) is 0 Å². The van der Waals surface area contributed by atoms with E-state index in [0.717, 1.165) is 156 Å².